The molecule has 174 valence electrons. The lowest BCUT2D eigenvalue weighted by molar-refractivity contribution is 0.0956. The molecule has 12 heteroatoms. The Hall–Kier alpha value is -3.34. The van der Waals surface area contributed by atoms with Crippen LogP contribution in [0.3, 0.4) is 0 Å². The van der Waals surface area contributed by atoms with Gasteiger partial charge in [0, 0.05) is 43.4 Å². The summed E-state index contributed by atoms with van der Waals surface area (Å²) in [6.45, 7) is 2.30. The predicted octanol–water partition coefficient (Wildman–Crippen LogP) is 3.23. The van der Waals surface area contributed by atoms with Crippen molar-refractivity contribution in [2.45, 2.75) is 32.4 Å². The van der Waals surface area contributed by atoms with E-state index in [0.717, 1.165) is 12.1 Å². The second kappa shape index (κ2) is 8.89. The maximum Gasteiger partial charge on any atom is 0.285 e. The smallest absolute Gasteiger partial charge is 0.285 e. The number of aromatic nitrogens is 4. The topological polar surface area (TPSA) is 95.9 Å². The number of carbonyl (C=O) groups is 1. The van der Waals surface area contributed by atoms with Crippen LogP contribution in [-0.4, -0.2) is 39.5 Å². The van der Waals surface area contributed by atoms with Gasteiger partial charge in [0.2, 0.25) is 0 Å². The van der Waals surface area contributed by atoms with Gasteiger partial charge in [0.05, 0.1) is 17.9 Å². The molecule has 0 aliphatic carbocycles. The Morgan fingerprint density at radius 3 is 2.76 bits per heavy atom. The minimum Gasteiger partial charge on any atom is -0.364 e. The maximum atomic E-state index is 13.6. The minimum absolute atomic E-state index is 0.0245. The molecular formula is C21H20ClF3N6O2. The summed E-state index contributed by atoms with van der Waals surface area (Å²) in [5.74, 6) is -1.20. The number of amides is 1. The van der Waals surface area contributed by atoms with Gasteiger partial charge < -0.3 is 10.2 Å². The van der Waals surface area contributed by atoms with E-state index < -0.39 is 35.3 Å². The molecular weight excluding hydrogens is 461 g/mol. The fourth-order valence-corrected chi connectivity index (χ4v) is 4.32. The van der Waals surface area contributed by atoms with Crippen molar-refractivity contribution in [3.63, 3.8) is 0 Å². The number of benzene rings is 1. The normalized spacial score (nSPS) is 14.3. The van der Waals surface area contributed by atoms with Gasteiger partial charge in [-0.15, -0.1) is 0 Å². The van der Waals surface area contributed by atoms with Gasteiger partial charge in [0.25, 0.3) is 17.9 Å². The second-order valence-electron chi connectivity index (χ2n) is 7.62. The molecule has 0 radical (unpaired) electrons. The van der Waals surface area contributed by atoms with Gasteiger partial charge in [-0.2, -0.15) is 10.2 Å². The second-order valence-corrected chi connectivity index (χ2v) is 8.00. The number of halogens is 4. The quantitative estimate of drug-likeness (QED) is 0.584. The monoisotopic (exact) mass is 480 g/mol. The third kappa shape index (κ3) is 4.08. The van der Waals surface area contributed by atoms with E-state index in [1.165, 1.54) is 24.0 Å². The Bertz CT molecular complexity index is 1280. The summed E-state index contributed by atoms with van der Waals surface area (Å²) in [6, 6.07) is 2.57. The summed E-state index contributed by atoms with van der Waals surface area (Å²) in [5.41, 5.74) is 1.08. The van der Waals surface area contributed by atoms with Crippen molar-refractivity contribution in [1.82, 2.24) is 25.3 Å². The molecule has 0 saturated carbocycles. The van der Waals surface area contributed by atoms with Crippen LogP contribution in [0, 0.1) is 5.82 Å². The summed E-state index contributed by atoms with van der Waals surface area (Å²) in [5, 5.41) is 13.0. The number of anilines is 1. The fourth-order valence-electron chi connectivity index (χ4n) is 4.11. The van der Waals surface area contributed by atoms with Crippen LogP contribution in [0.25, 0.3) is 0 Å². The van der Waals surface area contributed by atoms with Crippen LogP contribution in [0.1, 0.15) is 52.3 Å². The van der Waals surface area contributed by atoms with Gasteiger partial charge in [0.15, 0.2) is 5.69 Å². The van der Waals surface area contributed by atoms with Gasteiger partial charge >= 0.3 is 0 Å². The molecule has 1 aromatic carbocycles. The number of carbonyl (C=O) groups excluding carboxylic acids is 1. The first kappa shape index (κ1) is 22.8. The van der Waals surface area contributed by atoms with E-state index in [0.29, 0.717) is 29.9 Å². The fraction of sp³-hybridized carbons (Fsp3) is 0.333. The molecule has 2 N–H and O–H groups in total. The first-order chi connectivity index (χ1) is 15.7. The average Bonchev–Trinajstić information content (AvgIpc) is 3.18. The molecule has 3 heterocycles. The number of rotatable bonds is 5. The van der Waals surface area contributed by atoms with Crippen molar-refractivity contribution in [3.8, 4) is 0 Å². The molecule has 1 aliphatic heterocycles. The highest BCUT2D eigenvalue weighted by atomic mass is 35.5. The maximum absolute atomic E-state index is 13.6. The van der Waals surface area contributed by atoms with E-state index >= 15 is 0 Å². The largest absolute Gasteiger partial charge is 0.364 e. The number of nitrogens with one attached hydrogen (secondary N) is 2. The van der Waals surface area contributed by atoms with Crippen LogP contribution in [0.5, 0.6) is 0 Å². The lowest BCUT2D eigenvalue weighted by Gasteiger charge is -2.30. The Labute approximate surface area is 191 Å². The SMILES string of the molecule is CNC(=O)c1nn([C@@H](C)c2ccc(F)cc2C(F)F)c2c1CN(c1cn[nH]c(=O)c1Cl)CC2. The van der Waals surface area contributed by atoms with Crippen LogP contribution < -0.4 is 15.8 Å². The van der Waals surface area contributed by atoms with Gasteiger partial charge in [-0.25, -0.2) is 18.3 Å². The summed E-state index contributed by atoms with van der Waals surface area (Å²) in [4.78, 5) is 26.2. The van der Waals surface area contributed by atoms with Crippen molar-refractivity contribution in [2.75, 3.05) is 18.5 Å². The van der Waals surface area contributed by atoms with Crippen LogP contribution in [0.2, 0.25) is 5.02 Å². The van der Waals surface area contributed by atoms with E-state index in [4.69, 9.17) is 11.6 Å². The van der Waals surface area contributed by atoms with Crippen molar-refractivity contribution in [1.29, 1.82) is 0 Å². The Morgan fingerprint density at radius 1 is 1.30 bits per heavy atom. The Kier molecular flexibility index (Phi) is 6.15. The number of nitrogens with zero attached hydrogens (tertiary/aromatic N) is 4. The molecule has 2 aromatic heterocycles. The van der Waals surface area contributed by atoms with Gasteiger partial charge in [-0.05, 0) is 24.6 Å². The van der Waals surface area contributed by atoms with E-state index in [2.05, 4.69) is 20.6 Å². The summed E-state index contributed by atoms with van der Waals surface area (Å²) in [7, 11) is 1.46. The van der Waals surface area contributed by atoms with Crippen LogP contribution in [0.15, 0.2) is 29.2 Å². The molecule has 0 spiro atoms. The van der Waals surface area contributed by atoms with Crippen LogP contribution >= 0.6 is 11.6 Å². The first-order valence-electron chi connectivity index (χ1n) is 10.1. The Morgan fingerprint density at radius 2 is 2.06 bits per heavy atom. The van der Waals surface area contributed by atoms with E-state index in [1.54, 1.807) is 11.8 Å². The third-order valence-corrected chi connectivity index (χ3v) is 6.11. The minimum atomic E-state index is -2.87. The summed E-state index contributed by atoms with van der Waals surface area (Å²) >= 11 is 6.15. The molecule has 33 heavy (non-hydrogen) atoms. The zero-order chi connectivity index (χ0) is 23.9. The number of hydrogen-bond donors (Lipinski definition) is 2. The molecule has 0 unspecified atom stereocenters. The van der Waals surface area contributed by atoms with Crippen molar-refractivity contribution in [3.05, 3.63) is 73.7 Å². The molecule has 0 bridgehead atoms. The molecule has 4 rings (SSSR count). The van der Waals surface area contributed by atoms with Gasteiger partial charge in [-0.3, -0.25) is 14.3 Å². The standard InChI is InChI=1S/C21H20ClF3N6O2/c1-10(12-4-3-11(23)7-13(12)19(24)25)31-15-5-6-30(16-8-27-28-20(32)17(16)22)9-14(15)18(29-31)21(33)26-2/h3-4,7-8,10,19H,5-6,9H2,1-2H3,(H,26,33)(H,28,32)/t10-/m0/s1. The molecule has 1 amide bonds. The number of alkyl halides is 2. The zero-order valence-corrected chi connectivity index (χ0v) is 18.5. The van der Waals surface area contributed by atoms with Crippen molar-refractivity contribution < 1.29 is 18.0 Å². The lowest BCUT2D eigenvalue weighted by atomic mass is 9.99. The molecule has 0 saturated heterocycles. The third-order valence-electron chi connectivity index (χ3n) is 5.75. The Balaban J connectivity index is 1.80. The van der Waals surface area contributed by atoms with E-state index in [-0.39, 0.29) is 22.8 Å². The molecule has 1 aliphatic rings. The lowest BCUT2D eigenvalue weighted by Crippen LogP contribution is -2.33. The first-order valence-corrected chi connectivity index (χ1v) is 10.5. The molecule has 1 atom stereocenters. The van der Waals surface area contributed by atoms with Crippen LogP contribution in [0.4, 0.5) is 18.9 Å². The van der Waals surface area contributed by atoms with Gasteiger partial charge in [-0.1, -0.05) is 17.7 Å². The average molecular weight is 481 g/mol. The highest BCUT2D eigenvalue weighted by Gasteiger charge is 2.32. The zero-order valence-electron chi connectivity index (χ0n) is 17.7. The number of aromatic amines is 1. The number of H-pyrrole nitrogens is 1. The summed E-state index contributed by atoms with van der Waals surface area (Å²) < 4.78 is 42.4. The van der Waals surface area contributed by atoms with E-state index in [9.17, 15) is 22.8 Å². The molecule has 3 aromatic rings. The molecule has 8 nitrogen and oxygen atoms in total. The number of fused-ring (bicyclic) bond motifs is 1. The highest BCUT2D eigenvalue weighted by Crippen LogP contribution is 2.34. The van der Waals surface area contributed by atoms with Crippen LogP contribution in [-0.2, 0) is 13.0 Å². The molecule has 0 fully saturated rings. The highest BCUT2D eigenvalue weighted by molar-refractivity contribution is 6.33. The predicted molar refractivity (Wildman–Crippen MR) is 115 cm³/mol. The number of hydrogen-bond acceptors (Lipinski definition) is 5. The van der Waals surface area contributed by atoms with Gasteiger partial charge in [0.1, 0.15) is 10.8 Å². The van der Waals surface area contributed by atoms with Crippen molar-refractivity contribution in [2.24, 2.45) is 0 Å². The van der Waals surface area contributed by atoms with Crippen molar-refractivity contribution >= 4 is 23.2 Å². The summed E-state index contributed by atoms with van der Waals surface area (Å²) in [6.07, 6.45) is -1.04. The van der Waals surface area contributed by atoms with E-state index in [1.807, 2.05) is 0 Å².